The van der Waals surface area contributed by atoms with Gasteiger partial charge in [0.2, 0.25) is 0 Å². The molecule has 1 aliphatic heterocycles. The third-order valence-electron chi connectivity index (χ3n) is 3.56. The summed E-state index contributed by atoms with van der Waals surface area (Å²) in [5.74, 6) is 0.893. The van der Waals surface area contributed by atoms with Gasteiger partial charge in [0.05, 0.1) is 12.7 Å². The summed E-state index contributed by atoms with van der Waals surface area (Å²) in [6, 6.07) is 10.00. The lowest BCUT2D eigenvalue weighted by molar-refractivity contribution is 0.163. The Kier molecular flexibility index (Phi) is 3.47. The number of aliphatic hydroxyl groups is 1. The van der Waals surface area contributed by atoms with Crippen LogP contribution in [0.25, 0.3) is 0 Å². The SMILES string of the molecule is OC(CCc1ccncc1)c1cccc2c1OCC2. The highest BCUT2D eigenvalue weighted by molar-refractivity contribution is 5.45. The van der Waals surface area contributed by atoms with E-state index in [0.717, 1.165) is 30.8 Å². The van der Waals surface area contributed by atoms with Crippen LogP contribution in [0.15, 0.2) is 42.7 Å². The topological polar surface area (TPSA) is 42.4 Å². The van der Waals surface area contributed by atoms with Crippen LogP contribution in [-0.2, 0) is 12.8 Å². The molecule has 3 rings (SSSR count). The van der Waals surface area contributed by atoms with Crippen LogP contribution in [0.3, 0.4) is 0 Å². The van der Waals surface area contributed by atoms with Gasteiger partial charge in [0, 0.05) is 24.4 Å². The largest absolute Gasteiger partial charge is 0.493 e. The number of hydrogen-bond donors (Lipinski definition) is 1. The number of benzene rings is 1. The van der Waals surface area contributed by atoms with E-state index in [4.69, 9.17) is 4.74 Å². The van der Waals surface area contributed by atoms with Gasteiger partial charge in [0.15, 0.2) is 0 Å². The Morgan fingerprint density at radius 3 is 2.89 bits per heavy atom. The quantitative estimate of drug-likeness (QED) is 0.913. The number of hydrogen-bond acceptors (Lipinski definition) is 3. The zero-order valence-corrected chi connectivity index (χ0v) is 10.7. The number of rotatable bonds is 4. The lowest BCUT2D eigenvalue weighted by Gasteiger charge is -2.14. The van der Waals surface area contributed by atoms with Crippen molar-refractivity contribution in [2.75, 3.05) is 6.61 Å². The number of fused-ring (bicyclic) bond motifs is 1. The lowest BCUT2D eigenvalue weighted by atomic mass is 9.99. The highest BCUT2D eigenvalue weighted by Gasteiger charge is 2.20. The molecular formula is C16H17NO2. The summed E-state index contributed by atoms with van der Waals surface area (Å²) in [4.78, 5) is 4.00. The van der Waals surface area contributed by atoms with Gasteiger partial charge in [0.25, 0.3) is 0 Å². The molecule has 2 aromatic rings. The maximum Gasteiger partial charge on any atom is 0.128 e. The molecule has 19 heavy (non-hydrogen) atoms. The van der Waals surface area contributed by atoms with Gasteiger partial charge in [-0.1, -0.05) is 18.2 Å². The average molecular weight is 255 g/mol. The summed E-state index contributed by atoms with van der Waals surface area (Å²) >= 11 is 0. The number of ether oxygens (including phenoxy) is 1. The molecule has 0 radical (unpaired) electrons. The van der Waals surface area contributed by atoms with Crippen LogP contribution in [0.5, 0.6) is 5.75 Å². The first-order chi connectivity index (χ1) is 9.34. The Labute approximate surface area is 112 Å². The Hall–Kier alpha value is -1.87. The van der Waals surface area contributed by atoms with Crippen molar-refractivity contribution in [1.29, 1.82) is 0 Å². The summed E-state index contributed by atoms with van der Waals surface area (Å²) in [5.41, 5.74) is 3.33. The van der Waals surface area contributed by atoms with Gasteiger partial charge in [-0.15, -0.1) is 0 Å². The van der Waals surface area contributed by atoms with E-state index in [1.807, 2.05) is 24.3 Å². The molecule has 0 saturated carbocycles. The van der Waals surface area contributed by atoms with E-state index in [1.165, 1.54) is 11.1 Å². The van der Waals surface area contributed by atoms with Crippen LogP contribution >= 0.6 is 0 Å². The molecule has 1 aromatic heterocycles. The van der Waals surface area contributed by atoms with Crippen molar-refractivity contribution in [2.45, 2.75) is 25.4 Å². The molecule has 0 fully saturated rings. The van der Waals surface area contributed by atoms with Crippen LogP contribution < -0.4 is 4.74 Å². The molecular weight excluding hydrogens is 238 g/mol. The van der Waals surface area contributed by atoms with Crippen molar-refractivity contribution in [3.63, 3.8) is 0 Å². The van der Waals surface area contributed by atoms with E-state index < -0.39 is 6.10 Å². The van der Waals surface area contributed by atoms with E-state index in [9.17, 15) is 5.11 Å². The fourth-order valence-electron chi connectivity index (χ4n) is 2.51. The molecule has 0 saturated heterocycles. The van der Waals surface area contributed by atoms with E-state index >= 15 is 0 Å². The van der Waals surface area contributed by atoms with E-state index in [-0.39, 0.29) is 0 Å². The van der Waals surface area contributed by atoms with Gasteiger partial charge in [-0.05, 0) is 36.1 Å². The number of nitrogens with zero attached hydrogens (tertiary/aromatic N) is 1. The van der Waals surface area contributed by atoms with Crippen LogP contribution in [0.2, 0.25) is 0 Å². The first-order valence-electron chi connectivity index (χ1n) is 6.66. The van der Waals surface area contributed by atoms with Gasteiger partial charge >= 0.3 is 0 Å². The molecule has 0 spiro atoms. The number of aromatic nitrogens is 1. The van der Waals surface area contributed by atoms with Crippen molar-refractivity contribution in [1.82, 2.24) is 4.98 Å². The number of pyridine rings is 1. The molecule has 0 bridgehead atoms. The highest BCUT2D eigenvalue weighted by atomic mass is 16.5. The third-order valence-corrected chi connectivity index (χ3v) is 3.56. The van der Waals surface area contributed by atoms with E-state index in [2.05, 4.69) is 11.1 Å². The smallest absolute Gasteiger partial charge is 0.128 e. The van der Waals surface area contributed by atoms with Gasteiger partial charge in [0.1, 0.15) is 5.75 Å². The van der Waals surface area contributed by atoms with Gasteiger partial charge in [-0.2, -0.15) is 0 Å². The van der Waals surface area contributed by atoms with Crippen molar-refractivity contribution in [3.05, 3.63) is 59.4 Å². The fraction of sp³-hybridized carbons (Fsp3) is 0.312. The number of aliphatic hydroxyl groups excluding tert-OH is 1. The third kappa shape index (κ3) is 2.61. The van der Waals surface area contributed by atoms with Crippen LogP contribution in [0.1, 0.15) is 29.2 Å². The zero-order chi connectivity index (χ0) is 13.1. The van der Waals surface area contributed by atoms with E-state index in [1.54, 1.807) is 12.4 Å². The van der Waals surface area contributed by atoms with Crippen LogP contribution in [-0.4, -0.2) is 16.7 Å². The Bertz CT molecular complexity index is 554. The lowest BCUT2D eigenvalue weighted by Crippen LogP contribution is -2.02. The summed E-state index contributed by atoms with van der Waals surface area (Å²) in [7, 11) is 0. The van der Waals surface area contributed by atoms with E-state index in [0.29, 0.717) is 6.42 Å². The highest BCUT2D eigenvalue weighted by Crippen LogP contribution is 2.34. The minimum Gasteiger partial charge on any atom is -0.493 e. The molecule has 1 atom stereocenters. The molecule has 3 nitrogen and oxygen atoms in total. The maximum atomic E-state index is 10.4. The summed E-state index contributed by atoms with van der Waals surface area (Å²) < 4.78 is 5.63. The molecule has 2 heterocycles. The first kappa shape index (κ1) is 12.2. The Balaban J connectivity index is 1.71. The second-order valence-corrected chi connectivity index (χ2v) is 4.84. The van der Waals surface area contributed by atoms with Crippen LogP contribution in [0, 0.1) is 0 Å². The molecule has 98 valence electrons. The van der Waals surface area contributed by atoms with Crippen molar-refractivity contribution in [2.24, 2.45) is 0 Å². The average Bonchev–Trinajstić information content (AvgIpc) is 2.94. The molecule has 1 aromatic carbocycles. The van der Waals surface area contributed by atoms with Gasteiger partial charge in [-0.3, -0.25) is 4.98 Å². The summed E-state index contributed by atoms with van der Waals surface area (Å²) in [5, 5.41) is 10.4. The maximum absolute atomic E-state index is 10.4. The van der Waals surface area contributed by atoms with Crippen molar-refractivity contribution in [3.8, 4) is 5.75 Å². The molecule has 1 N–H and O–H groups in total. The Morgan fingerprint density at radius 1 is 1.21 bits per heavy atom. The number of para-hydroxylation sites is 1. The molecule has 1 aliphatic rings. The molecule has 0 aliphatic carbocycles. The monoisotopic (exact) mass is 255 g/mol. The Morgan fingerprint density at radius 2 is 2.05 bits per heavy atom. The van der Waals surface area contributed by atoms with Crippen LogP contribution in [0.4, 0.5) is 0 Å². The molecule has 3 heteroatoms. The number of aryl methyl sites for hydroxylation is 1. The van der Waals surface area contributed by atoms with Gasteiger partial charge in [-0.25, -0.2) is 0 Å². The summed E-state index contributed by atoms with van der Waals surface area (Å²) in [6.45, 7) is 0.726. The van der Waals surface area contributed by atoms with Crippen molar-refractivity contribution < 1.29 is 9.84 Å². The fourth-order valence-corrected chi connectivity index (χ4v) is 2.51. The zero-order valence-electron chi connectivity index (χ0n) is 10.7. The second-order valence-electron chi connectivity index (χ2n) is 4.84. The predicted octanol–water partition coefficient (Wildman–Crippen LogP) is 2.68. The molecule has 0 amide bonds. The second kappa shape index (κ2) is 5.41. The minimum atomic E-state index is -0.471. The molecule has 1 unspecified atom stereocenters. The minimum absolute atomic E-state index is 0.471. The normalized spacial score (nSPS) is 14.8. The van der Waals surface area contributed by atoms with Crippen molar-refractivity contribution >= 4 is 0 Å². The van der Waals surface area contributed by atoms with Gasteiger partial charge < -0.3 is 9.84 Å². The summed E-state index contributed by atoms with van der Waals surface area (Å²) in [6.07, 6.45) is 5.58. The standard InChI is InChI=1S/C16H17NO2/c18-15(5-4-12-6-9-17-10-7-12)14-3-1-2-13-8-11-19-16(13)14/h1-3,6-7,9-10,15,18H,4-5,8,11H2. The first-order valence-corrected chi connectivity index (χ1v) is 6.66. The predicted molar refractivity (Wildman–Crippen MR) is 73.2 cm³/mol.